The van der Waals surface area contributed by atoms with Crippen molar-refractivity contribution in [3.8, 4) is 5.75 Å². The largest absolute Gasteiger partial charge is 0.380 e. The van der Waals surface area contributed by atoms with Crippen molar-refractivity contribution in [2.45, 2.75) is 0 Å². The van der Waals surface area contributed by atoms with Crippen molar-refractivity contribution in [1.29, 1.82) is 0 Å². The SMILES string of the molecule is NS(=O)(=O)Oc1cnc(Cl)c(Cl)c1. The number of rotatable bonds is 2. The van der Waals surface area contributed by atoms with E-state index in [-0.39, 0.29) is 15.9 Å². The van der Waals surface area contributed by atoms with Crippen LogP contribution in [0.15, 0.2) is 12.3 Å². The average molecular weight is 243 g/mol. The maximum Gasteiger partial charge on any atom is 0.380 e. The third-order valence-electron chi connectivity index (χ3n) is 0.984. The molecule has 1 aromatic rings. The normalized spacial score (nSPS) is 11.3. The van der Waals surface area contributed by atoms with Crippen LogP contribution < -0.4 is 9.32 Å². The summed E-state index contributed by atoms with van der Waals surface area (Å²) in [6, 6.07) is 1.20. The Balaban J connectivity index is 2.99. The van der Waals surface area contributed by atoms with E-state index < -0.39 is 10.3 Å². The first-order chi connectivity index (χ1) is 5.88. The molecule has 2 N–H and O–H groups in total. The minimum absolute atomic E-state index is 0.0587. The molecule has 0 amide bonds. The summed E-state index contributed by atoms with van der Waals surface area (Å²) in [5, 5.41) is 4.75. The van der Waals surface area contributed by atoms with E-state index in [1.54, 1.807) is 0 Å². The molecule has 72 valence electrons. The van der Waals surface area contributed by atoms with Crippen LogP contribution in [0.4, 0.5) is 0 Å². The summed E-state index contributed by atoms with van der Waals surface area (Å²) in [5.74, 6) is -0.0862. The number of pyridine rings is 1. The number of aromatic nitrogens is 1. The quantitative estimate of drug-likeness (QED) is 0.784. The Kier molecular flexibility index (Phi) is 2.97. The first-order valence-electron chi connectivity index (χ1n) is 2.92. The zero-order chi connectivity index (χ0) is 10.1. The van der Waals surface area contributed by atoms with Crippen LogP contribution >= 0.6 is 23.2 Å². The minimum Gasteiger partial charge on any atom is -0.369 e. The second-order valence-corrected chi connectivity index (χ2v) is 3.94. The predicted octanol–water partition coefficient (Wildman–Crippen LogP) is 0.971. The molecule has 0 spiro atoms. The van der Waals surface area contributed by atoms with Gasteiger partial charge in [0.05, 0.1) is 11.2 Å². The van der Waals surface area contributed by atoms with E-state index in [2.05, 4.69) is 14.3 Å². The van der Waals surface area contributed by atoms with Crippen LogP contribution in [-0.2, 0) is 10.3 Å². The van der Waals surface area contributed by atoms with Crippen molar-refractivity contribution >= 4 is 33.5 Å². The van der Waals surface area contributed by atoms with Crippen molar-refractivity contribution in [3.05, 3.63) is 22.4 Å². The molecule has 0 aliphatic heterocycles. The van der Waals surface area contributed by atoms with Gasteiger partial charge in [-0.3, -0.25) is 0 Å². The lowest BCUT2D eigenvalue weighted by atomic mass is 10.5. The number of halogens is 2. The summed E-state index contributed by atoms with van der Waals surface area (Å²) in [7, 11) is -4.05. The Hall–Kier alpha value is -0.560. The van der Waals surface area contributed by atoms with E-state index in [4.69, 9.17) is 23.2 Å². The summed E-state index contributed by atoms with van der Waals surface area (Å²) in [4.78, 5) is 3.55. The van der Waals surface area contributed by atoms with Crippen LogP contribution in [0.3, 0.4) is 0 Å². The first-order valence-corrected chi connectivity index (χ1v) is 5.14. The fraction of sp³-hybridized carbons (Fsp3) is 0. The number of nitrogens with zero attached hydrogens (tertiary/aromatic N) is 1. The second kappa shape index (κ2) is 3.67. The molecule has 0 bridgehead atoms. The van der Waals surface area contributed by atoms with Crippen LogP contribution in [-0.4, -0.2) is 13.4 Å². The standard InChI is InChI=1S/C5H4Cl2N2O3S/c6-4-1-3(2-9-5(4)7)12-13(8,10)11/h1-2H,(H2,8,10,11). The lowest BCUT2D eigenvalue weighted by Crippen LogP contribution is -2.19. The van der Waals surface area contributed by atoms with Gasteiger partial charge in [0.15, 0.2) is 5.75 Å². The van der Waals surface area contributed by atoms with Gasteiger partial charge in [-0.25, -0.2) is 4.98 Å². The Bertz CT molecular complexity index is 420. The zero-order valence-electron chi connectivity index (χ0n) is 6.07. The third kappa shape index (κ3) is 3.35. The maximum absolute atomic E-state index is 10.4. The van der Waals surface area contributed by atoms with Crippen LogP contribution in [0.2, 0.25) is 10.2 Å². The highest BCUT2D eigenvalue weighted by molar-refractivity contribution is 7.84. The molecule has 0 fully saturated rings. The number of nitrogens with two attached hydrogens (primary N) is 1. The van der Waals surface area contributed by atoms with Crippen LogP contribution in [0, 0.1) is 0 Å². The molecule has 8 heteroatoms. The van der Waals surface area contributed by atoms with Crippen molar-refractivity contribution < 1.29 is 12.6 Å². The topological polar surface area (TPSA) is 82.3 Å². The molecule has 5 nitrogen and oxygen atoms in total. The average Bonchev–Trinajstić information content (AvgIpc) is 1.94. The second-order valence-electron chi connectivity index (χ2n) is 2.02. The van der Waals surface area contributed by atoms with Gasteiger partial charge < -0.3 is 4.18 Å². The highest BCUT2D eigenvalue weighted by atomic mass is 35.5. The molecular formula is C5H4Cl2N2O3S. The van der Waals surface area contributed by atoms with Crippen molar-refractivity contribution in [2.24, 2.45) is 5.14 Å². The number of hydrogen-bond donors (Lipinski definition) is 1. The van der Waals surface area contributed by atoms with Crippen LogP contribution in [0.1, 0.15) is 0 Å². The van der Waals surface area contributed by atoms with Crippen molar-refractivity contribution in [3.63, 3.8) is 0 Å². The van der Waals surface area contributed by atoms with Crippen LogP contribution in [0.25, 0.3) is 0 Å². The highest BCUT2D eigenvalue weighted by Crippen LogP contribution is 2.23. The van der Waals surface area contributed by atoms with Gasteiger partial charge in [0.2, 0.25) is 0 Å². The Morgan fingerprint density at radius 1 is 1.46 bits per heavy atom. The van der Waals surface area contributed by atoms with E-state index >= 15 is 0 Å². The van der Waals surface area contributed by atoms with E-state index in [9.17, 15) is 8.42 Å². The fourth-order valence-electron chi connectivity index (χ4n) is 0.583. The minimum atomic E-state index is -4.05. The summed E-state index contributed by atoms with van der Waals surface area (Å²) >= 11 is 11.0. The third-order valence-corrected chi connectivity index (χ3v) is 2.09. The molecule has 13 heavy (non-hydrogen) atoms. The predicted molar refractivity (Wildman–Crippen MR) is 48.0 cm³/mol. The maximum atomic E-state index is 10.4. The lowest BCUT2D eigenvalue weighted by molar-refractivity contribution is 0.486. The van der Waals surface area contributed by atoms with E-state index in [1.807, 2.05) is 0 Å². The molecule has 0 atom stereocenters. The Morgan fingerprint density at radius 2 is 2.08 bits per heavy atom. The molecule has 0 saturated heterocycles. The Morgan fingerprint density at radius 3 is 2.54 bits per heavy atom. The van der Waals surface area contributed by atoms with Crippen molar-refractivity contribution in [2.75, 3.05) is 0 Å². The van der Waals surface area contributed by atoms with Gasteiger partial charge in [-0.2, -0.15) is 13.6 Å². The molecule has 0 aliphatic carbocycles. The molecule has 0 unspecified atom stereocenters. The molecule has 0 aliphatic rings. The van der Waals surface area contributed by atoms with E-state index in [1.165, 1.54) is 6.07 Å². The van der Waals surface area contributed by atoms with Gasteiger partial charge in [0.1, 0.15) is 5.15 Å². The number of hydrogen-bond acceptors (Lipinski definition) is 4. The van der Waals surface area contributed by atoms with E-state index in [0.717, 1.165) is 6.20 Å². The van der Waals surface area contributed by atoms with Gasteiger partial charge in [0.25, 0.3) is 0 Å². The monoisotopic (exact) mass is 242 g/mol. The molecule has 1 rings (SSSR count). The lowest BCUT2D eigenvalue weighted by Gasteiger charge is -2.01. The summed E-state index contributed by atoms with van der Waals surface area (Å²) < 4.78 is 25.2. The Labute approximate surface area is 84.7 Å². The summed E-state index contributed by atoms with van der Waals surface area (Å²) in [5.41, 5.74) is 0. The first kappa shape index (κ1) is 10.5. The molecule has 0 saturated carbocycles. The zero-order valence-corrected chi connectivity index (χ0v) is 8.40. The molecule has 1 heterocycles. The molecule has 1 aromatic heterocycles. The fourth-order valence-corrected chi connectivity index (χ4v) is 1.20. The molecule has 0 radical (unpaired) electrons. The van der Waals surface area contributed by atoms with Gasteiger partial charge in [0, 0.05) is 6.07 Å². The van der Waals surface area contributed by atoms with Gasteiger partial charge >= 0.3 is 10.3 Å². The van der Waals surface area contributed by atoms with Gasteiger partial charge in [-0.05, 0) is 0 Å². The molecule has 0 aromatic carbocycles. The summed E-state index contributed by atoms with van der Waals surface area (Å²) in [6.07, 6.45) is 1.10. The van der Waals surface area contributed by atoms with E-state index in [0.29, 0.717) is 0 Å². The van der Waals surface area contributed by atoms with Gasteiger partial charge in [-0.1, -0.05) is 23.2 Å². The smallest absolute Gasteiger partial charge is 0.369 e. The van der Waals surface area contributed by atoms with Crippen LogP contribution in [0.5, 0.6) is 5.75 Å². The van der Waals surface area contributed by atoms with Crippen molar-refractivity contribution in [1.82, 2.24) is 4.98 Å². The highest BCUT2D eigenvalue weighted by Gasteiger charge is 2.07. The molecular weight excluding hydrogens is 239 g/mol. The summed E-state index contributed by atoms with van der Waals surface area (Å²) in [6.45, 7) is 0. The van der Waals surface area contributed by atoms with Gasteiger partial charge in [-0.15, -0.1) is 0 Å².